The molecule has 2 heterocycles. The minimum Gasteiger partial charge on any atom is -0.379 e. The second-order valence-electron chi connectivity index (χ2n) is 5.09. The van der Waals surface area contributed by atoms with Crippen molar-refractivity contribution in [1.82, 2.24) is 15.2 Å². The van der Waals surface area contributed by atoms with Crippen LogP contribution < -0.4 is 10.6 Å². The fourth-order valence-corrected chi connectivity index (χ4v) is 2.46. The van der Waals surface area contributed by atoms with Crippen LogP contribution in [0.15, 0.2) is 12.3 Å². The van der Waals surface area contributed by atoms with Gasteiger partial charge in [-0.15, -0.1) is 0 Å². The number of carbonyl (C=O) groups is 1. The van der Waals surface area contributed by atoms with Crippen molar-refractivity contribution >= 4 is 23.3 Å². The van der Waals surface area contributed by atoms with Crippen LogP contribution in [-0.2, 0) is 4.74 Å². The summed E-state index contributed by atoms with van der Waals surface area (Å²) in [4.78, 5) is 18.6. The number of nitrogens with one attached hydrogen (secondary N) is 2. The topological polar surface area (TPSA) is 66.5 Å². The third-order valence-corrected chi connectivity index (χ3v) is 3.67. The van der Waals surface area contributed by atoms with E-state index in [0.717, 1.165) is 32.8 Å². The summed E-state index contributed by atoms with van der Waals surface area (Å²) < 4.78 is 5.31. The fourth-order valence-electron chi connectivity index (χ4n) is 2.27. The van der Waals surface area contributed by atoms with Crippen molar-refractivity contribution < 1.29 is 9.53 Å². The first-order chi connectivity index (χ1) is 10.1. The highest BCUT2D eigenvalue weighted by molar-refractivity contribution is 6.33. The molecule has 0 saturated carbocycles. The van der Waals surface area contributed by atoms with Gasteiger partial charge in [0, 0.05) is 38.9 Å². The number of carbonyl (C=O) groups excluding carboxylic acids is 1. The Labute approximate surface area is 129 Å². The molecule has 6 nitrogen and oxygen atoms in total. The summed E-state index contributed by atoms with van der Waals surface area (Å²) in [6.45, 7) is 6.10. The quantitative estimate of drug-likeness (QED) is 0.856. The summed E-state index contributed by atoms with van der Waals surface area (Å²) in [5.41, 5.74) is 0.435. The largest absolute Gasteiger partial charge is 0.379 e. The van der Waals surface area contributed by atoms with E-state index in [1.807, 2.05) is 6.92 Å². The lowest BCUT2D eigenvalue weighted by Crippen LogP contribution is -2.46. The first kappa shape index (κ1) is 16.0. The minimum atomic E-state index is -0.181. The van der Waals surface area contributed by atoms with Crippen LogP contribution in [0.3, 0.4) is 0 Å². The predicted molar refractivity (Wildman–Crippen MR) is 83.0 cm³/mol. The SMILES string of the molecule is CNc1cc(C(=O)NC(C)CN2CCOCC2)c(Cl)cn1. The molecule has 0 bridgehead atoms. The third-order valence-electron chi connectivity index (χ3n) is 3.37. The van der Waals surface area contributed by atoms with Crippen molar-refractivity contribution in [1.29, 1.82) is 0 Å². The second kappa shape index (κ2) is 7.59. The average Bonchev–Trinajstić information content (AvgIpc) is 2.48. The molecule has 1 amide bonds. The monoisotopic (exact) mass is 312 g/mol. The van der Waals surface area contributed by atoms with Gasteiger partial charge in [0.25, 0.3) is 5.91 Å². The van der Waals surface area contributed by atoms with Gasteiger partial charge in [0.2, 0.25) is 0 Å². The van der Waals surface area contributed by atoms with Gasteiger partial charge in [-0.3, -0.25) is 9.69 Å². The van der Waals surface area contributed by atoms with Crippen molar-refractivity contribution in [2.75, 3.05) is 45.2 Å². The molecule has 1 fully saturated rings. The van der Waals surface area contributed by atoms with E-state index in [9.17, 15) is 4.79 Å². The number of anilines is 1. The van der Waals surface area contributed by atoms with E-state index in [4.69, 9.17) is 16.3 Å². The molecule has 0 aliphatic carbocycles. The van der Waals surface area contributed by atoms with Crippen LogP contribution in [-0.4, -0.2) is 61.7 Å². The predicted octanol–water partition coefficient (Wildman–Crippen LogP) is 1.23. The van der Waals surface area contributed by atoms with E-state index in [2.05, 4.69) is 20.5 Å². The molecular formula is C14H21ClN4O2. The molecule has 21 heavy (non-hydrogen) atoms. The van der Waals surface area contributed by atoms with Crippen molar-refractivity contribution in [3.63, 3.8) is 0 Å². The lowest BCUT2D eigenvalue weighted by molar-refractivity contribution is 0.0342. The molecule has 1 aromatic heterocycles. The van der Waals surface area contributed by atoms with E-state index in [0.29, 0.717) is 16.4 Å². The maximum Gasteiger partial charge on any atom is 0.253 e. The highest BCUT2D eigenvalue weighted by atomic mass is 35.5. The van der Waals surface area contributed by atoms with Gasteiger partial charge in [0.1, 0.15) is 5.82 Å². The molecular weight excluding hydrogens is 292 g/mol. The second-order valence-corrected chi connectivity index (χ2v) is 5.49. The highest BCUT2D eigenvalue weighted by Gasteiger charge is 2.17. The molecule has 1 aromatic rings. The van der Waals surface area contributed by atoms with E-state index in [-0.39, 0.29) is 11.9 Å². The number of aromatic nitrogens is 1. The van der Waals surface area contributed by atoms with Gasteiger partial charge in [-0.1, -0.05) is 11.6 Å². The zero-order valence-corrected chi connectivity index (χ0v) is 13.1. The van der Waals surface area contributed by atoms with Crippen molar-refractivity contribution in [2.24, 2.45) is 0 Å². The lowest BCUT2D eigenvalue weighted by Gasteiger charge is -2.29. The van der Waals surface area contributed by atoms with E-state index < -0.39 is 0 Å². The van der Waals surface area contributed by atoms with Crippen molar-refractivity contribution in [3.8, 4) is 0 Å². The first-order valence-electron chi connectivity index (χ1n) is 7.04. The molecule has 0 radical (unpaired) electrons. The number of hydrogen-bond acceptors (Lipinski definition) is 5. The van der Waals surface area contributed by atoms with Gasteiger partial charge in [0.15, 0.2) is 0 Å². The maximum absolute atomic E-state index is 12.3. The summed E-state index contributed by atoms with van der Waals surface area (Å²) in [6, 6.07) is 1.69. The summed E-state index contributed by atoms with van der Waals surface area (Å²) >= 11 is 6.05. The van der Waals surface area contributed by atoms with E-state index in [1.54, 1.807) is 13.1 Å². The average molecular weight is 313 g/mol. The molecule has 2 rings (SSSR count). The number of hydrogen-bond donors (Lipinski definition) is 2. The van der Waals surface area contributed by atoms with Crippen LogP contribution in [0.2, 0.25) is 5.02 Å². The number of amides is 1. The van der Waals surface area contributed by atoms with Crippen LogP contribution in [0.5, 0.6) is 0 Å². The fraction of sp³-hybridized carbons (Fsp3) is 0.571. The van der Waals surface area contributed by atoms with E-state index in [1.165, 1.54) is 6.20 Å². The Morgan fingerprint density at radius 1 is 1.52 bits per heavy atom. The molecule has 0 aromatic carbocycles. The van der Waals surface area contributed by atoms with Crippen LogP contribution in [0, 0.1) is 0 Å². The molecule has 1 aliphatic rings. The van der Waals surface area contributed by atoms with Crippen molar-refractivity contribution in [3.05, 3.63) is 22.8 Å². The molecule has 7 heteroatoms. The van der Waals surface area contributed by atoms with Gasteiger partial charge < -0.3 is 15.4 Å². The Kier molecular flexibility index (Phi) is 5.78. The molecule has 116 valence electrons. The van der Waals surface area contributed by atoms with Gasteiger partial charge in [-0.05, 0) is 13.0 Å². The first-order valence-corrected chi connectivity index (χ1v) is 7.42. The maximum atomic E-state index is 12.3. The number of nitrogens with zero attached hydrogens (tertiary/aromatic N) is 2. The number of pyridine rings is 1. The van der Waals surface area contributed by atoms with E-state index >= 15 is 0 Å². The third kappa shape index (κ3) is 4.56. The number of halogens is 1. The lowest BCUT2D eigenvalue weighted by atomic mass is 10.2. The number of morpholine rings is 1. The zero-order chi connectivity index (χ0) is 15.2. The smallest absolute Gasteiger partial charge is 0.253 e. The zero-order valence-electron chi connectivity index (χ0n) is 12.4. The summed E-state index contributed by atoms with van der Waals surface area (Å²) in [5.74, 6) is 0.435. The Morgan fingerprint density at radius 3 is 2.90 bits per heavy atom. The molecule has 1 atom stereocenters. The minimum absolute atomic E-state index is 0.0397. The Bertz CT molecular complexity index is 492. The van der Waals surface area contributed by atoms with Crippen molar-refractivity contribution in [2.45, 2.75) is 13.0 Å². The molecule has 2 N–H and O–H groups in total. The number of rotatable bonds is 5. The Hall–Kier alpha value is -1.37. The van der Waals surface area contributed by atoms with Crippen LogP contribution in [0.25, 0.3) is 0 Å². The normalized spacial score (nSPS) is 17.3. The molecule has 0 spiro atoms. The summed E-state index contributed by atoms with van der Waals surface area (Å²) in [6.07, 6.45) is 1.48. The van der Waals surface area contributed by atoms with Crippen LogP contribution >= 0.6 is 11.6 Å². The van der Waals surface area contributed by atoms with Gasteiger partial charge >= 0.3 is 0 Å². The standard InChI is InChI=1S/C14H21ClN4O2/c1-10(9-19-3-5-21-6-4-19)18-14(20)11-7-13(16-2)17-8-12(11)15/h7-8,10H,3-6,9H2,1-2H3,(H,16,17)(H,18,20). The molecule has 1 saturated heterocycles. The van der Waals surface area contributed by atoms with Gasteiger partial charge in [-0.25, -0.2) is 4.98 Å². The van der Waals surface area contributed by atoms with Crippen LogP contribution in [0.1, 0.15) is 17.3 Å². The highest BCUT2D eigenvalue weighted by Crippen LogP contribution is 2.17. The summed E-state index contributed by atoms with van der Waals surface area (Å²) in [7, 11) is 1.75. The molecule has 1 aliphatic heterocycles. The Balaban J connectivity index is 1.93. The molecule has 1 unspecified atom stereocenters. The van der Waals surface area contributed by atoms with Gasteiger partial charge in [0.05, 0.1) is 23.8 Å². The number of ether oxygens (including phenoxy) is 1. The van der Waals surface area contributed by atoms with Crippen LogP contribution in [0.4, 0.5) is 5.82 Å². The van der Waals surface area contributed by atoms with Gasteiger partial charge in [-0.2, -0.15) is 0 Å². The summed E-state index contributed by atoms with van der Waals surface area (Å²) in [5, 5.41) is 6.22. The Morgan fingerprint density at radius 2 is 2.24 bits per heavy atom.